The first kappa shape index (κ1) is 12.3. The minimum atomic E-state index is 0.679. The zero-order valence-electron chi connectivity index (χ0n) is 11.1. The van der Waals surface area contributed by atoms with Crippen molar-refractivity contribution in [3.05, 3.63) is 34.2 Å². The molecule has 6 nitrogen and oxygen atoms in total. The van der Waals surface area contributed by atoms with Gasteiger partial charge < -0.3 is 9.73 Å². The molecule has 0 atom stereocenters. The molecule has 0 spiro atoms. The lowest BCUT2D eigenvalue weighted by Gasteiger charge is -2.03. The molecule has 0 unspecified atom stereocenters. The summed E-state index contributed by atoms with van der Waals surface area (Å²) in [4.78, 5) is 9.62. The van der Waals surface area contributed by atoms with E-state index >= 15 is 0 Å². The summed E-state index contributed by atoms with van der Waals surface area (Å²) in [5.41, 5.74) is 3.05. The lowest BCUT2D eigenvalue weighted by molar-refractivity contribution is 0.521. The van der Waals surface area contributed by atoms with Gasteiger partial charge in [0.2, 0.25) is 4.96 Å². The van der Waals surface area contributed by atoms with Gasteiger partial charge in [0, 0.05) is 13.1 Å². The topological polar surface area (TPSA) is 68.2 Å². The summed E-state index contributed by atoms with van der Waals surface area (Å²) < 4.78 is 7.08. The Balaban J connectivity index is 1.74. The quantitative estimate of drug-likeness (QED) is 0.790. The van der Waals surface area contributed by atoms with Crippen LogP contribution in [0.5, 0.6) is 0 Å². The van der Waals surface area contributed by atoms with E-state index in [1.165, 1.54) is 6.39 Å². The molecule has 0 saturated carbocycles. The number of hydrogen-bond donors (Lipinski definition) is 1. The van der Waals surface area contributed by atoms with Crippen LogP contribution < -0.4 is 5.32 Å². The smallest absolute Gasteiger partial charge is 0.212 e. The fourth-order valence-electron chi connectivity index (χ4n) is 1.99. The van der Waals surface area contributed by atoms with Crippen molar-refractivity contribution in [3.63, 3.8) is 0 Å². The van der Waals surface area contributed by atoms with Crippen molar-refractivity contribution in [2.24, 2.45) is 0 Å². The summed E-state index contributed by atoms with van der Waals surface area (Å²) in [5.74, 6) is 0.854. The third-order valence-corrected chi connectivity index (χ3v) is 3.85. The average molecular weight is 277 g/mol. The van der Waals surface area contributed by atoms with Crippen molar-refractivity contribution in [2.75, 3.05) is 0 Å². The number of rotatable bonds is 4. The highest BCUT2D eigenvalue weighted by molar-refractivity contribution is 7.16. The summed E-state index contributed by atoms with van der Waals surface area (Å²) in [7, 11) is 0. The van der Waals surface area contributed by atoms with Crippen molar-refractivity contribution in [1.82, 2.24) is 24.9 Å². The SMILES string of the molecule is Cc1nn2c(CNCc3ncoc3C)c(C)nc2s1. The number of aryl methyl sites for hydroxylation is 3. The number of fused-ring (bicyclic) bond motifs is 1. The molecule has 19 heavy (non-hydrogen) atoms. The molecule has 3 aromatic rings. The van der Waals surface area contributed by atoms with Crippen LogP contribution >= 0.6 is 11.3 Å². The van der Waals surface area contributed by atoms with E-state index in [-0.39, 0.29) is 0 Å². The second-order valence-electron chi connectivity index (χ2n) is 4.42. The summed E-state index contributed by atoms with van der Waals surface area (Å²) >= 11 is 1.61. The number of imidazole rings is 1. The van der Waals surface area contributed by atoms with E-state index in [9.17, 15) is 0 Å². The van der Waals surface area contributed by atoms with Gasteiger partial charge >= 0.3 is 0 Å². The van der Waals surface area contributed by atoms with E-state index in [1.807, 2.05) is 25.3 Å². The van der Waals surface area contributed by atoms with Crippen LogP contribution in [0.1, 0.15) is 27.8 Å². The fraction of sp³-hybridized carbons (Fsp3) is 0.417. The van der Waals surface area contributed by atoms with Gasteiger partial charge in [0.05, 0.1) is 17.1 Å². The highest BCUT2D eigenvalue weighted by Crippen LogP contribution is 2.17. The van der Waals surface area contributed by atoms with Crippen LogP contribution in [-0.2, 0) is 13.1 Å². The molecule has 3 aromatic heterocycles. The normalized spacial score (nSPS) is 11.5. The van der Waals surface area contributed by atoms with E-state index in [2.05, 4.69) is 20.4 Å². The molecule has 3 heterocycles. The third kappa shape index (κ3) is 2.26. The van der Waals surface area contributed by atoms with Crippen LogP contribution in [0.3, 0.4) is 0 Å². The molecule has 0 radical (unpaired) electrons. The number of nitrogens with zero attached hydrogens (tertiary/aromatic N) is 4. The van der Waals surface area contributed by atoms with E-state index < -0.39 is 0 Å². The van der Waals surface area contributed by atoms with E-state index in [4.69, 9.17) is 4.42 Å². The zero-order chi connectivity index (χ0) is 13.4. The largest absolute Gasteiger partial charge is 0.448 e. The van der Waals surface area contributed by atoms with Gasteiger partial charge in [-0.2, -0.15) is 5.10 Å². The Labute approximate surface area is 114 Å². The molecule has 3 rings (SSSR count). The Hall–Kier alpha value is -1.73. The molecule has 0 aromatic carbocycles. The lowest BCUT2D eigenvalue weighted by Crippen LogP contribution is -2.16. The second-order valence-corrected chi connectivity index (χ2v) is 5.58. The van der Waals surface area contributed by atoms with Crippen LogP contribution in [0, 0.1) is 20.8 Å². The summed E-state index contributed by atoms with van der Waals surface area (Å²) in [6.45, 7) is 7.30. The van der Waals surface area contributed by atoms with Crippen molar-refractivity contribution in [2.45, 2.75) is 33.9 Å². The maximum absolute atomic E-state index is 5.17. The first-order valence-corrected chi connectivity index (χ1v) is 6.88. The van der Waals surface area contributed by atoms with Gasteiger partial charge in [0.1, 0.15) is 10.8 Å². The van der Waals surface area contributed by atoms with Crippen molar-refractivity contribution >= 4 is 16.3 Å². The van der Waals surface area contributed by atoms with Gasteiger partial charge in [-0.1, -0.05) is 11.3 Å². The predicted molar refractivity (Wildman–Crippen MR) is 72.1 cm³/mol. The average Bonchev–Trinajstić information content (AvgIpc) is 2.98. The van der Waals surface area contributed by atoms with Gasteiger partial charge in [-0.3, -0.25) is 0 Å². The van der Waals surface area contributed by atoms with Crippen molar-refractivity contribution in [1.29, 1.82) is 0 Å². The molecule has 0 aliphatic rings. The molecule has 0 aliphatic heterocycles. The summed E-state index contributed by atoms with van der Waals surface area (Å²) in [6.07, 6.45) is 1.47. The van der Waals surface area contributed by atoms with Gasteiger partial charge in [0.15, 0.2) is 6.39 Å². The third-order valence-electron chi connectivity index (χ3n) is 3.03. The molecule has 7 heteroatoms. The Bertz CT molecular complexity index is 711. The van der Waals surface area contributed by atoms with E-state index in [1.54, 1.807) is 11.3 Å². The molecule has 0 saturated heterocycles. The Morgan fingerprint density at radius 1 is 1.32 bits per heavy atom. The van der Waals surface area contributed by atoms with Gasteiger partial charge in [-0.25, -0.2) is 14.5 Å². The highest BCUT2D eigenvalue weighted by Gasteiger charge is 2.12. The molecule has 0 fully saturated rings. The Kier molecular flexibility index (Phi) is 3.08. The Morgan fingerprint density at radius 2 is 2.16 bits per heavy atom. The van der Waals surface area contributed by atoms with Gasteiger partial charge in [0.25, 0.3) is 0 Å². The molecule has 100 valence electrons. The predicted octanol–water partition coefficient (Wildman–Crippen LogP) is 1.99. The number of hydrogen-bond acceptors (Lipinski definition) is 6. The summed E-state index contributed by atoms with van der Waals surface area (Å²) in [5, 5.41) is 8.84. The van der Waals surface area contributed by atoms with Crippen LogP contribution in [0.15, 0.2) is 10.8 Å². The van der Waals surface area contributed by atoms with Crippen LogP contribution in [0.25, 0.3) is 4.96 Å². The van der Waals surface area contributed by atoms with Crippen LogP contribution in [0.4, 0.5) is 0 Å². The number of aromatic nitrogens is 4. The van der Waals surface area contributed by atoms with Crippen molar-refractivity contribution in [3.8, 4) is 0 Å². The van der Waals surface area contributed by atoms with Crippen molar-refractivity contribution < 1.29 is 4.42 Å². The molecule has 0 bridgehead atoms. The molecule has 1 N–H and O–H groups in total. The minimum Gasteiger partial charge on any atom is -0.448 e. The van der Waals surface area contributed by atoms with Gasteiger partial charge in [-0.05, 0) is 20.8 Å². The molecule has 0 amide bonds. The monoisotopic (exact) mass is 277 g/mol. The number of oxazole rings is 1. The zero-order valence-corrected chi connectivity index (χ0v) is 11.9. The fourth-order valence-corrected chi connectivity index (χ4v) is 2.79. The molecular formula is C12H15N5OS. The first-order chi connectivity index (χ1) is 9.15. The standard InChI is InChI=1S/C12H15N5OS/c1-7-11(17-12(15-7)19-9(3)16-17)5-13-4-10-8(2)18-6-14-10/h6,13H,4-5H2,1-3H3. The minimum absolute atomic E-state index is 0.679. The Morgan fingerprint density at radius 3 is 2.89 bits per heavy atom. The maximum atomic E-state index is 5.17. The van der Waals surface area contributed by atoms with E-state index in [0.29, 0.717) is 13.1 Å². The number of nitrogens with one attached hydrogen (secondary N) is 1. The van der Waals surface area contributed by atoms with Crippen LogP contribution in [-0.4, -0.2) is 19.6 Å². The maximum Gasteiger partial charge on any atom is 0.212 e. The molecule has 0 aliphatic carbocycles. The first-order valence-electron chi connectivity index (χ1n) is 6.06. The summed E-state index contributed by atoms with van der Waals surface area (Å²) in [6, 6.07) is 0. The van der Waals surface area contributed by atoms with Crippen LogP contribution in [0.2, 0.25) is 0 Å². The second kappa shape index (κ2) is 4.75. The van der Waals surface area contributed by atoms with Gasteiger partial charge in [-0.15, -0.1) is 0 Å². The van der Waals surface area contributed by atoms with E-state index in [0.717, 1.165) is 32.8 Å². The highest BCUT2D eigenvalue weighted by atomic mass is 32.1. The lowest BCUT2D eigenvalue weighted by atomic mass is 10.3. The molecular weight excluding hydrogens is 262 g/mol.